The molecular formula is C15H16N6. The zero-order valence-electron chi connectivity index (χ0n) is 11.9. The third kappa shape index (κ3) is 1.86. The van der Waals surface area contributed by atoms with Crippen LogP contribution < -0.4 is 4.90 Å². The van der Waals surface area contributed by atoms with E-state index in [0.29, 0.717) is 0 Å². The van der Waals surface area contributed by atoms with Gasteiger partial charge in [-0.25, -0.2) is 14.6 Å². The van der Waals surface area contributed by atoms with Crippen LogP contribution in [0.2, 0.25) is 0 Å². The molecule has 6 nitrogen and oxygen atoms in total. The minimum atomic E-state index is 0.754. The van der Waals surface area contributed by atoms with E-state index < -0.39 is 0 Å². The Morgan fingerprint density at radius 1 is 1.19 bits per heavy atom. The van der Waals surface area contributed by atoms with E-state index in [0.717, 1.165) is 42.9 Å². The van der Waals surface area contributed by atoms with E-state index in [1.807, 2.05) is 6.92 Å². The van der Waals surface area contributed by atoms with Crippen molar-refractivity contribution in [2.75, 3.05) is 11.4 Å². The second-order valence-corrected chi connectivity index (χ2v) is 5.16. The lowest BCUT2D eigenvalue weighted by atomic mass is 10.0. The minimum absolute atomic E-state index is 0.754. The summed E-state index contributed by atoms with van der Waals surface area (Å²) in [5.74, 6) is 0.854. The number of nitrogens with zero attached hydrogens (tertiary/aromatic N) is 6. The number of aryl methyl sites for hydroxylation is 2. The molecule has 0 saturated heterocycles. The van der Waals surface area contributed by atoms with E-state index in [1.165, 1.54) is 11.3 Å². The van der Waals surface area contributed by atoms with Gasteiger partial charge in [-0.3, -0.25) is 0 Å². The number of fused-ring (bicyclic) bond motifs is 2. The molecule has 0 radical (unpaired) electrons. The van der Waals surface area contributed by atoms with Crippen molar-refractivity contribution in [1.29, 1.82) is 0 Å². The van der Waals surface area contributed by atoms with Crippen molar-refractivity contribution >= 4 is 22.7 Å². The number of benzene rings is 1. The van der Waals surface area contributed by atoms with E-state index in [4.69, 9.17) is 0 Å². The molecule has 0 bridgehead atoms. The molecule has 106 valence electrons. The van der Waals surface area contributed by atoms with Crippen LogP contribution >= 0.6 is 0 Å². The summed E-state index contributed by atoms with van der Waals surface area (Å²) in [5.41, 5.74) is 4.15. The Labute approximate surface area is 122 Å². The highest BCUT2D eigenvalue weighted by Crippen LogP contribution is 2.34. The first-order valence-electron chi connectivity index (χ1n) is 7.28. The van der Waals surface area contributed by atoms with Gasteiger partial charge < -0.3 is 4.90 Å². The molecule has 0 spiro atoms. The van der Waals surface area contributed by atoms with Crippen LogP contribution in [0.15, 0.2) is 30.6 Å². The molecule has 0 N–H and O–H groups in total. The Balaban J connectivity index is 1.90. The van der Waals surface area contributed by atoms with Crippen molar-refractivity contribution in [2.24, 2.45) is 0 Å². The van der Waals surface area contributed by atoms with Gasteiger partial charge in [0.25, 0.3) is 0 Å². The van der Waals surface area contributed by atoms with Crippen LogP contribution in [0.25, 0.3) is 11.2 Å². The van der Waals surface area contributed by atoms with Gasteiger partial charge in [0.2, 0.25) is 0 Å². The maximum atomic E-state index is 4.48. The summed E-state index contributed by atoms with van der Waals surface area (Å²) >= 11 is 0. The van der Waals surface area contributed by atoms with Crippen molar-refractivity contribution in [3.05, 3.63) is 36.2 Å². The molecule has 1 aliphatic rings. The third-order valence-corrected chi connectivity index (χ3v) is 3.95. The fraction of sp³-hybridized carbons (Fsp3) is 0.333. The molecule has 1 aliphatic heterocycles. The number of hydrogen-bond donors (Lipinski definition) is 0. The first kappa shape index (κ1) is 12.3. The van der Waals surface area contributed by atoms with Gasteiger partial charge in [0.15, 0.2) is 17.0 Å². The largest absolute Gasteiger partial charge is 0.324 e. The topological polar surface area (TPSA) is 59.7 Å². The SMILES string of the molecule is CCn1nnc2c(N3CCCc4ccccc43)ncnc21. The van der Waals surface area contributed by atoms with Gasteiger partial charge in [-0.15, -0.1) is 5.10 Å². The van der Waals surface area contributed by atoms with Crippen LogP contribution in [0.3, 0.4) is 0 Å². The van der Waals surface area contributed by atoms with Crippen LogP contribution in [-0.2, 0) is 13.0 Å². The molecule has 6 heteroatoms. The van der Waals surface area contributed by atoms with Crippen molar-refractivity contribution in [1.82, 2.24) is 25.0 Å². The maximum absolute atomic E-state index is 4.48. The van der Waals surface area contributed by atoms with Gasteiger partial charge in [0.05, 0.1) is 0 Å². The predicted octanol–water partition coefficient (Wildman–Crippen LogP) is 2.33. The molecule has 0 amide bonds. The van der Waals surface area contributed by atoms with Crippen molar-refractivity contribution in [3.63, 3.8) is 0 Å². The first-order chi connectivity index (χ1) is 10.4. The Kier molecular flexibility index (Phi) is 2.80. The van der Waals surface area contributed by atoms with E-state index in [-0.39, 0.29) is 0 Å². The molecule has 0 unspecified atom stereocenters. The van der Waals surface area contributed by atoms with Crippen molar-refractivity contribution in [3.8, 4) is 0 Å². The monoisotopic (exact) mass is 280 g/mol. The summed E-state index contributed by atoms with van der Waals surface area (Å²) in [7, 11) is 0. The molecule has 2 aromatic heterocycles. The molecule has 0 fully saturated rings. The summed E-state index contributed by atoms with van der Waals surface area (Å²) in [6.07, 6.45) is 3.83. The lowest BCUT2D eigenvalue weighted by Crippen LogP contribution is -2.25. The highest BCUT2D eigenvalue weighted by atomic mass is 15.4. The Morgan fingerprint density at radius 3 is 3.00 bits per heavy atom. The van der Waals surface area contributed by atoms with Crippen molar-refractivity contribution in [2.45, 2.75) is 26.3 Å². The fourth-order valence-corrected chi connectivity index (χ4v) is 2.94. The average Bonchev–Trinajstić information content (AvgIpc) is 2.97. The minimum Gasteiger partial charge on any atom is -0.324 e. The number of anilines is 2. The quantitative estimate of drug-likeness (QED) is 0.721. The molecular weight excluding hydrogens is 264 g/mol. The zero-order valence-corrected chi connectivity index (χ0v) is 11.9. The Hall–Kier alpha value is -2.50. The fourth-order valence-electron chi connectivity index (χ4n) is 2.94. The second-order valence-electron chi connectivity index (χ2n) is 5.16. The molecule has 4 rings (SSSR count). The van der Waals surface area contributed by atoms with E-state index in [2.05, 4.69) is 49.4 Å². The Bertz CT molecular complexity index is 794. The van der Waals surface area contributed by atoms with Gasteiger partial charge in [-0.1, -0.05) is 23.4 Å². The molecule has 0 atom stereocenters. The molecule has 3 heterocycles. The smallest absolute Gasteiger partial charge is 0.183 e. The van der Waals surface area contributed by atoms with Gasteiger partial charge in [-0.2, -0.15) is 0 Å². The molecule has 1 aromatic carbocycles. The number of aromatic nitrogens is 5. The van der Waals surface area contributed by atoms with Crippen LogP contribution in [0, 0.1) is 0 Å². The summed E-state index contributed by atoms with van der Waals surface area (Å²) < 4.78 is 1.80. The predicted molar refractivity (Wildman–Crippen MR) is 80.6 cm³/mol. The first-order valence-corrected chi connectivity index (χ1v) is 7.28. The standard InChI is InChI=1S/C15H16N6/c1-2-21-15-13(18-19-21)14(16-10-17-15)20-9-5-7-11-6-3-4-8-12(11)20/h3-4,6,8,10H,2,5,7,9H2,1H3. The molecule has 0 aliphatic carbocycles. The normalized spacial score (nSPS) is 14.4. The number of para-hydroxylation sites is 1. The van der Waals surface area contributed by atoms with E-state index in [1.54, 1.807) is 11.0 Å². The summed E-state index contributed by atoms with van der Waals surface area (Å²) in [6, 6.07) is 8.49. The number of hydrogen-bond acceptors (Lipinski definition) is 5. The van der Waals surface area contributed by atoms with E-state index in [9.17, 15) is 0 Å². The van der Waals surface area contributed by atoms with Gasteiger partial charge in [0, 0.05) is 18.8 Å². The highest BCUT2D eigenvalue weighted by molar-refractivity contribution is 5.86. The van der Waals surface area contributed by atoms with Crippen LogP contribution in [-0.4, -0.2) is 31.5 Å². The second kappa shape index (κ2) is 4.80. The summed E-state index contributed by atoms with van der Waals surface area (Å²) in [6.45, 7) is 3.73. The maximum Gasteiger partial charge on any atom is 0.183 e. The van der Waals surface area contributed by atoms with Crippen LogP contribution in [0.4, 0.5) is 11.5 Å². The Morgan fingerprint density at radius 2 is 2.10 bits per heavy atom. The third-order valence-electron chi connectivity index (χ3n) is 3.95. The average molecular weight is 280 g/mol. The van der Waals surface area contributed by atoms with Gasteiger partial charge >= 0.3 is 0 Å². The van der Waals surface area contributed by atoms with Crippen LogP contribution in [0.5, 0.6) is 0 Å². The molecule has 21 heavy (non-hydrogen) atoms. The van der Waals surface area contributed by atoms with Gasteiger partial charge in [0.1, 0.15) is 6.33 Å². The van der Waals surface area contributed by atoms with E-state index >= 15 is 0 Å². The summed E-state index contributed by atoms with van der Waals surface area (Å²) in [4.78, 5) is 11.0. The van der Waals surface area contributed by atoms with Gasteiger partial charge in [-0.05, 0) is 31.4 Å². The van der Waals surface area contributed by atoms with Crippen molar-refractivity contribution < 1.29 is 0 Å². The lowest BCUT2D eigenvalue weighted by molar-refractivity contribution is 0.641. The van der Waals surface area contributed by atoms with Crippen LogP contribution in [0.1, 0.15) is 18.9 Å². The highest BCUT2D eigenvalue weighted by Gasteiger charge is 2.22. The lowest BCUT2D eigenvalue weighted by Gasteiger charge is -2.30. The zero-order chi connectivity index (χ0) is 14.2. The molecule has 0 saturated carbocycles. The number of rotatable bonds is 2. The summed E-state index contributed by atoms with van der Waals surface area (Å²) in [5, 5.41) is 8.45. The molecule has 3 aromatic rings.